The Kier molecular flexibility index (Phi) is 6.29. The third kappa shape index (κ3) is 7.08. The summed E-state index contributed by atoms with van der Waals surface area (Å²) >= 11 is 3.10. The lowest BCUT2D eigenvalue weighted by atomic mass is 10.1. The minimum atomic E-state index is -4.80. The third-order valence-electron chi connectivity index (χ3n) is 2.45. The van der Waals surface area contributed by atoms with Gasteiger partial charge in [-0.15, -0.1) is 13.2 Å². The van der Waals surface area contributed by atoms with Crippen LogP contribution in [-0.2, 0) is 4.74 Å². The molecule has 1 rings (SSSR count). The van der Waals surface area contributed by atoms with E-state index in [-0.39, 0.29) is 4.47 Å². The number of alkyl carbamates (subject to hydrolysis) is 1. The minimum absolute atomic E-state index is 0.245. The molecule has 9 heteroatoms. The van der Waals surface area contributed by atoms with E-state index in [1.807, 2.05) is 0 Å². The smallest absolute Gasteiger partial charge is 0.444 e. The van der Waals surface area contributed by atoms with E-state index in [4.69, 9.17) is 4.74 Å². The largest absolute Gasteiger partial charge is 0.573 e. The maximum atomic E-state index is 12.2. The highest BCUT2D eigenvalue weighted by Gasteiger charge is 2.31. The summed E-state index contributed by atoms with van der Waals surface area (Å²) < 4.78 is 45.6. The number of ether oxygens (including phenoxy) is 2. The minimum Gasteiger partial charge on any atom is -0.444 e. The zero-order valence-electron chi connectivity index (χ0n) is 12.7. The molecule has 0 aliphatic heterocycles. The Morgan fingerprint density at radius 3 is 2.39 bits per heavy atom. The highest BCUT2D eigenvalue weighted by molar-refractivity contribution is 9.10. The van der Waals surface area contributed by atoms with Crippen LogP contribution < -0.4 is 10.1 Å². The van der Waals surface area contributed by atoms with Crippen molar-refractivity contribution in [2.75, 3.05) is 6.61 Å². The van der Waals surface area contributed by atoms with E-state index in [1.165, 1.54) is 6.07 Å². The highest BCUT2D eigenvalue weighted by atomic mass is 79.9. The van der Waals surface area contributed by atoms with Gasteiger partial charge in [0.05, 0.1) is 12.6 Å². The fraction of sp³-hybridized carbons (Fsp3) is 0.500. The molecule has 0 spiro atoms. The fourth-order valence-corrected chi connectivity index (χ4v) is 2.29. The maximum absolute atomic E-state index is 12.2. The van der Waals surface area contributed by atoms with Gasteiger partial charge in [-0.2, -0.15) is 0 Å². The van der Waals surface area contributed by atoms with Crippen LogP contribution in [0.3, 0.4) is 0 Å². The Balaban J connectivity index is 2.88. The molecule has 2 N–H and O–H groups in total. The predicted octanol–water partition coefficient (Wildman–Crippen LogP) is 3.91. The molecule has 0 radical (unpaired) electrons. The number of hydrogen-bond donors (Lipinski definition) is 2. The van der Waals surface area contributed by atoms with Crippen LogP contribution in [0.2, 0.25) is 0 Å². The van der Waals surface area contributed by atoms with Crippen molar-refractivity contribution in [1.82, 2.24) is 5.32 Å². The number of carbonyl (C=O) groups excluding carboxylic acids is 1. The molecule has 0 bridgehead atoms. The molecular formula is C14H17BrF3NO4. The number of hydrogen-bond acceptors (Lipinski definition) is 4. The Bertz CT molecular complexity index is 558. The SMILES string of the molecule is CC(C)(C)OC(=O)N[C@H](CO)c1ccc(OC(F)(F)F)cc1Br. The average Bonchev–Trinajstić information content (AvgIpc) is 2.32. The van der Waals surface area contributed by atoms with Gasteiger partial charge >= 0.3 is 12.5 Å². The number of amides is 1. The van der Waals surface area contributed by atoms with Crippen molar-refractivity contribution in [1.29, 1.82) is 0 Å². The van der Waals surface area contributed by atoms with Crippen molar-refractivity contribution in [3.63, 3.8) is 0 Å². The molecule has 0 saturated carbocycles. The molecule has 0 saturated heterocycles. The summed E-state index contributed by atoms with van der Waals surface area (Å²) in [5.74, 6) is -0.415. The molecule has 0 aromatic heterocycles. The molecule has 0 fully saturated rings. The number of aliphatic hydroxyl groups excluding tert-OH is 1. The zero-order chi connectivity index (χ0) is 17.8. The molecule has 0 aliphatic rings. The maximum Gasteiger partial charge on any atom is 0.573 e. The van der Waals surface area contributed by atoms with E-state index in [9.17, 15) is 23.1 Å². The second-order valence-electron chi connectivity index (χ2n) is 5.61. The standard InChI is InChI=1S/C14H17BrF3NO4/c1-13(2,3)23-12(21)19-11(7-20)9-5-4-8(6-10(9)15)22-14(16,17)18/h4-6,11,20H,7H2,1-3H3,(H,19,21)/t11-/m1/s1. The van der Waals surface area contributed by atoms with Crippen molar-refractivity contribution in [3.05, 3.63) is 28.2 Å². The number of alkyl halides is 3. The molecule has 23 heavy (non-hydrogen) atoms. The van der Waals surface area contributed by atoms with Gasteiger partial charge in [0.25, 0.3) is 0 Å². The molecular weight excluding hydrogens is 383 g/mol. The van der Waals surface area contributed by atoms with E-state index >= 15 is 0 Å². The predicted molar refractivity (Wildman–Crippen MR) is 80.0 cm³/mol. The number of halogens is 4. The van der Waals surface area contributed by atoms with Gasteiger partial charge < -0.3 is 19.9 Å². The number of nitrogens with one attached hydrogen (secondary N) is 1. The lowest BCUT2D eigenvalue weighted by molar-refractivity contribution is -0.274. The number of benzene rings is 1. The Morgan fingerprint density at radius 2 is 1.96 bits per heavy atom. The van der Waals surface area contributed by atoms with E-state index in [2.05, 4.69) is 26.0 Å². The van der Waals surface area contributed by atoms with Crippen molar-refractivity contribution >= 4 is 22.0 Å². The first-order valence-corrected chi connectivity index (χ1v) is 7.36. The molecule has 1 aromatic rings. The number of rotatable bonds is 4. The molecule has 130 valence electrons. The normalized spacial score (nSPS) is 13.4. The quantitative estimate of drug-likeness (QED) is 0.805. The second-order valence-corrected chi connectivity index (χ2v) is 6.47. The monoisotopic (exact) mass is 399 g/mol. The highest BCUT2D eigenvalue weighted by Crippen LogP contribution is 2.30. The van der Waals surface area contributed by atoms with Crippen molar-refractivity contribution < 1.29 is 32.5 Å². The summed E-state index contributed by atoms with van der Waals surface area (Å²) in [7, 11) is 0. The molecule has 1 atom stereocenters. The molecule has 0 heterocycles. The topological polar surface area (TPSA) is 67.8 Å². The number of aliphatic hydroxyl groups is 1. The van der Waals surface area contributed by atoms with E-state index in [0.717, 1.165) is 12.1 Å². The van der Waals surface area contributed by atoms with E-state index in [0.29, 0.717) is 5.56 Å². The first kappa shape index (κ1) is 19.6. The summed E-state index contributed by atoms with van der Waals surface area (Å²) in [5.41, 5.74) is -0.334. The first-order chi connectivity index (χ1) is 10.4. The van der Waals surface area contributed by atoms with Crippen LogP contribution in [0, 0.1) is 0 Å². The van der Waals surface area contributed by atoms with Crippen LogP contribution in [0.5, 0.6) is 5.75 Å². The Labute approximate surface area is 139 Å². The molecule has 0 unspecified atom stereocenters. The van der Waals surface area contributed by atoms with Crippen LogP contribution in [-0.4, -0.2) is 29.8 Å². The second kappa shape index (κ2) is 7.39. The van der Waals surface area contributed by atoms with Gasteiger partial charge in [-0.05, 0) is 38.5 Å². The third-order valence-corrected chi connectivity index (χ3v) is 3.14. The van der Waals surface area contributed by atoms with Gasteiger partial charge in [-0.3, -0.25) is 0 Å². The van der Waals surface area contributed by atoms with Crippen molar-refractivity contribution in [2.45, 2.75) is 38.8 Å². The molecule has 1 amide bonds. The lowest BCUT2D eigenvalue weighted by Crippen LogP contribution is -2.36. The van der Waals surface area contributed by atoms with Crippen molar-refractivity contribution in [3.8, 4) is 5.75 Å². The van der Waals surface area contributed by atoms with Crippen LogP contribution in [0.15, 0.2) is 22.7 Å². The molecule has 0 aliphatic carbocycles. The van der Waals surface area contributed by atoms with Crippen molar-refractivity contribution in [2.24, 2.45) is 0 Å². The number of carbonyl (C=O) groups is 1. The first-order valence-electron chi connectivity index (χ1n) is 6.57. The Hall–Kier alpha value is -1.48. The van der Waals surface area contributed by atoms with Crippen LogP contribution in [0.4, 0.5) is 18.0 Å². The summed E-state index contributed by atoms with van der Waals surface area (Å²) in [5, 5.41) is 11.8. The summed E-state index contributed by atoms with van der Waals surface area (Å²) in [4.78, 5) is 11.7. The van der Waals surface area contributed by atoms with Gasteiger partial charge in [0.2, 0.25) is 0 Å². The summed E-state index contributed by atoms with van der Waals surface area (Å²) in [6.45, 7) is 4.58. The molecule has 1 aromatic carbocycles. The van der Waals surface area contributed by atoms with Crippen LogP contribution >= 0.6 is 15.9 Å². The van der Waals surface area contributed by atoms with E-state index < -0.39 is 36.5 Å². The fourth-order valence-electron chi connectivity index (χ4n) is 1.66. The zero-order valence-corrected chi connectivity index (χ0v) is 14.3. The average molecular weight is 400 g/mol. The van der Waals surface area contributed by atoms with Gasteiger partial charge in [-0.1, -0.05) is 22.0 Å². The van der Waals surface area contributed by atoms with Gasteiger partial charge in [0.15, 0.2) is 0 Å². The summed E-state index contributed by atoms with van der Waals surface area (Å²) in [6, 6.07) is 2.65. The Morgan fingerprint density at radius 1 is 1.35 bits per heavy atom. The summed E-state index contributed by atoms with van der Waals surface area (Å²) in [6.07, 6.45) is -5.55. The molecule has 5 nitrogen and oxygen atoms in total. The lowest BCUT2D eigenvalue weighted by Gasteiger charge is -2.23. The van der Waals surface area contributed by atoms with Gasteiger partial charge in [0.1, 0.15) is 11.4 Å². The van der Waals surface area contributed by atoms with Crippen LogP contribution in [0.25, 0.3) is 0 Å². The van der Waals surface area contributed by atoms with Crippen LogP contribution in [0.1, 0.15) is 32.4 Å². The van der Waals surface area contributed by atoms with Gasteiger partial charge in [-0.25, -0.2) is 4.79 Å². The van der Waals surface area contributed by atoms with E-state index in [1.54, 1.807) is 20.8 Å². The van der Waals surface area contributed by atoms with Gasteiger partial charge in [0, 0.05) is 4.47 Å².